The number of aryl methyl sites for hydroxylation is 1. The maximum absolute atomic E-state index is 9.94. The number of hydrogen-bond acceptors (Lipinski definition) is 3. The molecule has 0 amide bonds. The first kappa shape index (κ1) is 16.1. The quantitative estimate of drug-likeness (QED) is 0.570. The van der Waals surface area contributed by atoms with Crippen LogP contribution in [0.1, 0.15) is 37.7 Å². The van der Waals surface area contributed by atoms with Gasteiger partial charge in [-0.2, -0.15) is 0 Å². The van der Waals surface area contributed by atoms with Gasteiger partial charge >= 0.3 is 0 Å². The molecule has 0 saturated heterocycles. The summed E-state index contributed by atoms with van der Waals surface area (Å²) in [6.07, 6.45) is 8.17. The third-order valence-electron chi connectivity index (χ3n) is 3.91. The summed E-state index contributed by atoms with van der Waals surface area (Å²) in [6.45, 7) is 3.87. The molecule has 0 bridgehead atoms. The van der Waals surface area contributed by atoms with E-state index < -0.39 is 6.10 Å². The highest BCUT2D eigenvalue weighted by Crippen LogP contribution is 2.19. The number of ether oxygens (including phenoxy) is 1. The van der Waals surface area contributed by atoms with Crippen molar-refractivity contribution in [2.24, 2.45) is 0 Å². The van der Waals surface area contributed by atoms with E-state index in [-0.39, 0.29) is 0 Å². The standard InChI is InChI=1S/C18H27NO2/c1-15-7-5-6-10-18(15)21-14-17(20)13-19-12-11-16-8-3-2-4-9-16/h5-8,10,17,19-20H,2-4,9,11-14H2,1H3. The Bertz CT molecular complexity index is 456. The van der Waals surface area contributed by atoms with Crippen molar-refractivity contribution in [1.29, 1.82) is 0 Å². The predicted octanol–water partition coefficient (Wildman–Crippen LogP) is 3.21. The molecule has 1 aromatic carbocycles. The fraction of sp³-hybridized carbons (Fsp3) is 0.556. The third kappa shape index (κ3) is 5.90. The molecule has 1 aromatic rings. The number of rotatable bonds is 8. The predicted molar refractivity (Wildman–Crippen MR) is 86.7 cm³/mol. The van der Waals surface area contributed by atoms with Crippen LogP contribution in [-0.4, -0.2) is 30.9 Å². The number of hydrogen-bond donors (Lipinski definition) is 2. The molecule has 0 fully saturated rings. The summed E-state index contributed by atoms with van der Waals surface area (Å²) in [5.41, 5.74) is 2.67. The van der Waals surface area contributed by atoms with Crippen molar-refractivity contribution in [3.8, 4) is 5.75 Å². The molecule has 1 aliphatic carbocycles. The van der Waals surface area contributed by atoms with Crippen LogP contribution >= 0.6 is 0 Å². The topological polar surface area (TPSA) is 41.5 Å². The summed E-state index contributed by atoms with van der Waals surface area (Å²) in [7, 11) is 0. The molecule has 3 nitrogen and oxygen atoms in total. The minimum absolute atomic E-state index is 0.334. The first-order chi connectivity index (χ1) is 10.3. The molecule has 0 saturated carbocycles. The minimum atomic E-state index is -0.468. The Hall–Kier alpha value is -1.32. The van der Waals surface area contributed by atoms with Gasteiger partial charge in [0.1, 0.15) is 18.5 Å². The molecular formula is C18H27NO2. The highest BCUT2D eigenvalue weighted by molar-refractivity contribution is 5.31. The Morgan fingerprint density at radius 3 is 2.90 bits per heavy atom. The molecule has 1 aliphatic rings. The fourth-order valence-corrected chi connectivity index (χ4v) is 2.61. The molecular weight excluding hydrogens is 262 g/mol. The van der Waals surface area contributed by atoms with E-state index in [1.165, 1.54) is 25.7 Å². The molecule has 0 aromatic heterocycles. The third-order valence-corrected chi connectivity index (χ3v) is 3.91. The fourth-order valence-electron chi connectivity index (χ4n) is 2.61. The van der Waals surface area contributed by atoms with Gasteiger partial charge in [0.15, 0.2) is 0 Å². The summed E-state index contributed by atoms with van der Waals surface area (Å²) >= 11 is 0. The molecule has 0 heterocycles. The van der Waals surface area contributed by atoms with Gasteiger partial charge in [-0.05, 0) is 57.2 Å². The highest BCUT2D eigenvalue weighted by atomic mass is 16.5. The van der Waals surface area contributed by atoms with Crippen LogP contribution in [0.2, 0.25) is 0 Å². The normalized spacial score (nSPS) is 16.4. The maximum Gasteiger partial charge on any atom is 0.122 e. The number of allylic oxidation sites excluding steroid dienone is 1. The zero-order valence-electron chi connectivity index (χ0n) is 13.0. The lowest BCUT2D eigenvalue weighted by Gasteiger charge is -2.16. The van der Waals surface area contributed by atoms with E-state index >= 15 is 0 Å². The van der Waals surface area contributed by atoms with Crippen LogP contribution in [-0.2, 0) is 0 Å². The first-order valence-corrected chi connectivity index (χ1v) is 8.01. The van der Waals surface area contributed by atoms with Gasteiger partial charge in [0, 0.05) is 6.54 Å². The first-order valence-electron chi connectivity index (χ1n) is 8.01. The van der Waals surface area contributed by atoms with Crippen molar-refractivity contribution in [3.05, 3.63) is 41.5 Å². The lowest BCUT2D eigenvalue weighted by Crippen LogP contribution is -2.32. The van der Waals surface area contributed by atoms with Gasteiger partial charge in [0.2, 0.25) is 0 Å². The number of nitrogens with one attached hydrogen (secondary N) is 1. The zero-order valence-corrected chi connectivity index (χ0v) is 13.0. The molecule has 1 unspecified atom stereocenters. The number of aliphatic hydroxyl groups is 1. The summed E-state index contributed by atoms with van der Waals surface area (Å²) in [6, 6.07) is 7.88. The molecule has 1 atom stereocenters. The Kier molecular flexibility index (Phi) is 6.77. The van der Waals surface area contributed by atoms with Crippen LogP contribution in [0.5, 0.6) is 5.75 Å². The Balaban J connectivity index is 1.58. The largest absolute Gasteiger partial charge is 0.491 e. The lowest BCUT2D eigenvalue weighted by molar-refractivity contribution is 0.106. The Morgan fingerprint density at radius 1 is 1.29 bits per heavy atom. The van der Waals surface area contributed by atoms with Gasteiger partial charge < -0.3 is 15.2 Å². The second-order valence-corrected chi connectivity index (χ2v) is 5.79. The lowest BCUT2D eigenvalue weighted by atomic mass is 9.97. The highest BCUT2D eigenvalue weighted by Gasteiger charge is 2.07. The van der Waals surface area contributed by atoms with Crippen LogP contribution < -0.4 is 10.1 Å². The zero-order chi connectivity index (χ0) is 14.9. The van der Waals surface area contributed by atoms with Crippen molar-refractivity contribution >= 4 is 0 Å². The molecule has 116 valence electrons. The minimum Gasteiger partial charge on any atom is -0.491 e. The Morgan fingerprint density at radius 2 is 2.14 bits per heavy atom. The molecule has 21 heavy (non-hydrogen) atoms. The van der Waals surface area contributed by atoms with Crippen LogP contribution in [0.4, 0.5) is 0 Å². The van der Waals surface area contributed by atoms with Gasteiger partial charge in [-0.25, -0.2) is 0 Å². The number of para-hydroxylation sites is 1. The van der Waals surface area contributed by atoms with E-state index in [9.17, 15) is 5.11 Å². The van der Waals surface area contributed by atoms with Crippen LogP contribution in [0.3, 0.4) is 0 Å². The summed E-state index contributed by atoms with van der Waals surface area (Å²) in [5.74, 6) is 0.851. The van der Waals surface area contributed by atoms with E-state index in [1.54, 1.807) is 5.57 Å². The van der Waals surface area contributed by atoms with Crippen LogP contribution in [0.25, 0.3) is 0 Å². The van der Waals surface area contributed by atoms with Crippen molar-refractivity contribution in [1.82, 2.24) is 5.32 Å². The van der Waals surface area contributed by atoms with Gasteiger partial charge in [0.25, 0.3) is 0 Å². The SMILES string of the molecule is Cc1ccccc1OCC(O)CNCCC1=CCCCC1. The van der Waals surface area contributed by atoms with Gasteiger partial charge in [-0.3, -0.25) is 0 Å². The molecule has 2 N–H and O–H groups in total. The van der Waals surface area contributed by atoms with Crippen molar-refractivity contribution < 1.29 is 9.84 Å². The monoisotopic (exact) mass is 289 g/mol. The van der Waals surface area contributed by atoms with Crippen molar-refractivity contribution in [2.45, 2.75) is 45.1 Å². The number of aliphatic hydroxyl groups excluding tert-OH is 1. The van der Waals surface area contributed by atoms with Crippen molar-refractivity contribution in [3.63, 3.8) is 0 Å². The molecule has 3 heteroatoms. The second kappa shape index (κ2) is 8.85. The average molecular weight is 289 g/mol. The van der Waals surface area contributed by atoms with E-state index in [4.69, 9.17) is 4.74 Å². The van der Waals surface area contributed by atoms with E-state index in [0.717, 1.165) is 24.3 Å². The van der Waals surface area contributed by atoms with E-state index in [0.29, 0.717) is 13.2 Å². The summed E-state index contributed by atoms with van der Waals surface area (Å²) in [5, 5.41) is 13.2. The average Bonchev–Trinajstić information content (AvgIpc) is 2.52. The van der Waals surface area contributed by atoms with E-state index in [2.05, 4.69) is 11.4 Å². The van der Waals surface area contributed by atoms with Crippen LogP contribution in [0, 0.1) is 6.92 Å². The summed E-state index contributed by atoms with van der Waals surface area (Å²) in [4.78, 5) is 0. The second-order valence-electron chi connectivity index (χ2n) is 5.79. The maximum atomic E-state index is 9.94. The molecule has 0 radical (unpaired) electrons. The molecule has 0 spiro atoms. The number of benzene rings is 1. The Labute approximate surface area is 128 Å². The van der Waals surface area contributed by atoms with Crippen molar-refractivity contribution in [2.75, 3.05) is 19.7 Å². The van der Waals surface area contributed by atoms with Gasteiger partial charge in [0.05, 0.1) is 0 Å². The molecule has 2 rings (SSSR count). The van der Waals surface area contributed by atoms with E-state index in [1.807, 2.05) is 31.2 Å². The van der Waals surface area contributed by atoms with Gasteiger partial charge in [-0.1, -0.05) is 29.8 Å². The smallest absolute Gasteiger partial charge is 0.122 e. The van der Waals surface area contributed by atoms with Crippen LogP contribution in [0.15, 0.2) is 35.9 Å². The molecule has 0 aliphatic heterocycles. The van der Waals surface area contributed by atoms with Gasteiger partial charge in [-0.15, -0.1) is 0 Å². The summed E-state index contributed by atoms with van der Waals surface area (Å²) < 4.78 is 5.64.